The molecule has 39 heavy (non-hydrogen) atoms. The molecule has 0 saturated carbocycles. The molecule has 0 bridgehead atoms. The normalized spacial score (nSPS) is 22.1. The minimum absolute atomic E-state index is 0.144. The molecular formula is C31H32N2O4S2. The number of fused-ring (bicyclic) bond motifs is 1. The molecule has 0 spiro atoms. The molecule has 3 aromatic rings. The van der Waals surface area contributed by atoms with Crippen LogP contribution in [0.2, 0.25) is 0 Å². The van der Waals surface area contributed by atoms with Crippen molar-refractivity contribution in [2.45, 2.75) is 30.9 Å². The van der Waals surface area contributed by atoms with Crippen molar-refractivity contribution in [3.63, 3.8) is 0 Å². The summed E-state index contributed by atoms with van der Waals surface area (Å²) in [4.78, 5) is 41.5. The molecule has 5 rings (SSSR count). The zero-order valence-electron chi connectivity index (χ0n) is 21.8. The molecule has 2 unspecified atom stereocenters. The first kappa shape index (κ1) is 27.3. The monoisotopic (exact) mass is 560 g/mol. The number of nitrogens with one attached hydrogen (secondary N) is 1. The van der Waals surface area contributed by atoms with Crippen molar-refractivity contribution in [2.75, 3.05) is 23.8 Å². The second-order valence-corrected chi connectivity index (χ2v) is 12.3. The first-order valence-corrected chi connectivity index (χ1v) is 15.4. The van der Waals surface area contributed by atoms with Crippen LogP contribution in [0.15, 0.2) is 91.0 Å². The highest BCUT2D eigenvalue weighted by molar-refractivity contribution is 8.00. The number of thioether (sulfide) groups is 2. The van der Waals surface area contributed by atoms with E-state index >= 15 is 0 Å². The molecule has 0 radical (unpaired) electrons. The van der Waals surface area contributed by atoms with E-state index in [0.717, 1.165) is 22.4 Å². The van der Waals surface area contributed by atoms with Gasteiger partial charge in [-0.25, -0.2) is 0 Å². The highest BCUT2D eigenvalue weighted by Crippen LogP contribution is 2.45. The molecule has 2 saturated heterocycles. The van der Waals surface area contributed by atoms with Crippen molar-refractivity contribution in [2.24, 2.45) is 5.41 Å². The minimum Gasteiger partial charge on any atom is -0.452 e. The number of nitrogens with zero attached hydrogens (tertiary/aromatic N) is 1. The van der Waals surface area contributed by atoms with Crippen LogP contribution in [0.4, 0.5) is 0 Å². The molecule has 8 heteroatoms. The van der Waals surface area contributed by atoms with Gasteiger partial charge in [0, 0.05) is 18.1 Å². The quantitative estimate of drug-likeness (QED) is 0.286. The largest absolute Gasteiger partial charge is 0.452 e. The van der Waals surface area contributed by atoms with Gasteiger partial charge in [-0.05, 0) is 22.4 Å². The fraction of sp³-hybridized carbons (Fsp3) is 0.323. The van der Waals surface area contributed by atoms with Crippen molar-refractivity contribution < 1.29 is 19.1 Å². The van der Waals surface area contributed by atoms with E-state index < -0.39 is 17.6 Å². The van der Waals surface area contributed by atoms with E-state index in [-0.39, 0.29) is 36.1 Å². The number of ether oxygens (including phenoxy) is 1. The standard InChI is InChI=1S/C31H32N2O4S2/c1-2-38-20-31(30(36)37-27(23-14-8-4-9-15-23)24-16-10-5-11-17-24)19-33-28(35)26(29(33)39-21-31)32-25(34)18-22-12-6-3-7-13-22/h3-17,26-27,29H,2,18-21H2,1H3,(H,32,34)/t26?,29-,31?/m1/s1. The van der Waals surface area contributed by atoms with Gasteiger partial charge >= 0.3 is 5.97 Å². The number of hydrogen-bond acceptors (Lipinski definition) is 6. The van der Waals surface area contributed by atoms with Crippen molar-refractivity contribution in [1.82, 2.24) is 10.2 Å². The number of carbonyl (C=O) groups excluding carboxylic acids is 3. The number of β-lactam (4-membered cyclic amide) rings is 1. The number of carbonyl (C=O) groups is 3. The highest BCUT2D eigenvalue weighted by Gasteiger charge is 2.58. The number of rotatable bonds is 10. The Kier molecular flexibility index (Phi) is 8.63. The summed E-state index contributed by atoms with van der Waals surface area (Å²) < 4.78 is 6.29. The van der Waals surface area contributed by atoms with Crippen molar-refractivity contribution in [3.8, 4) is 0 Å². The number of hydrogen-bond donors (Lipinski definition) is 1. The van der Waals surface area contributed by atoms with Crippen LogP contribution in [0.3, 0.4) is 0 Å². The van der Waals surface area contributed by atoms with Gasteiger partial charge < -0.3 is 15.0 Å². The van der Waals surface area contributed by atoms with E-state index in [4.69, 9.17) is 4.74 Å². The van der Waals surface area contributed by atoms with E-state index in [0.29, 0.717) is 11.5 Å². The van der Waals surface area contributed by atoms with E-state index in [1.165, 1.54) is 0 Å². The Morgan fingerprint density at radius 3 is 2.18 bits per heavy atom. The van der Waals surface area contributed by atoms with E-state index in [9.17, 15) is 14.4 Å². The van der Waals surface area contributed by atoms with Crippen molar-refractivity contribution >= 4 is 41.3 Å². The third-order valence-electron chi connectivity index (χ3n) is 7.11. The van der Waals surface area contributed by atoms with Crippen LogP contribution < -0.4 is 5.32 Å². The predicted molar refractivity (Wildman–Crippen MR) is 156 cm³/mol. The lowest BCUT2D eigenvalue weighted by Crippen LogP contribution is -2.74. The predicted octanol–water partition coefficient (Wildman–Crippen LogP) is 4.70. The summed E-state index contributed by atoms with van der Waals surface area (Å²) in [5.74, 6) is 1.33. The molecule has 1 N–H and O–H groups in total. The summed E-state index contributed by atoms with van der Waals surface area (Å²) in [6.07, 6.45) is -0.311. The maximum absolute atomic E-state index is 14.0. The second-order valence-electron chi connectivity index (χ2n) is 9.90. The van der Waals surface area contributed by atoms with Gasteiger partial charge in [-0.1, -0.05) is 97.9 Å². The lowest BCUT2D eigenvalue weighted by atomic mass is 9.88. The topological polar surface area (TPSA) is 75.7 Å². The van der Waals surface area contributed by atoms with E-state index in [2.05, 4.69) is 12.2 Å². The van der Waals surface area contributed by atoms with Crippen LogP contribution in [0, 0.1) is 5.41 Å². The van der Waals surface area contributed by atoms with Crippen LogP contribution >= 0.6 is 23.5 Å². The zero-order valence-corrected chi connectivity index (χ0v) is 23.5. The molecule has 0 aliphatic carbocycles. The van der Waals surface area contributed by atoms with Gasteiger partial charge in [0.05, 0.1) is 6.42 Å². The van der Waals surface area contributed by atoms with Crippen molar-refractivity contribution in [3.05, 3.63) is 108 Å². The number of esters is 1. The Bertz CT molecular complexity index is 1250. The molecule has 2 fully saturated rings. The average Bonchev–Trinajstić information content (AvgIpc) is 2.98. The molecular weight excluding hydrogens is 528 g/mol. The van der Waals surface area contributed by atoms with Crippen molar-refractivity contribution in [1.29, 1.82) is 0 Å². The van der Waals surface area contributed by atoms with E-state index in [1.807, 2.05) is 91.0 Å². The van der Waals surface area contributed by atoms with Gasteiger partial charge in [-0.15, -0.1) is 11.8 Å². The average molecular weight is 561 g/mol. The minimum atomic E-state index is -0.835. The summed E-state index contributed by atoms with van der Waals surface area (Å²) >= 11 is 3.23. The van der Waals surface area contributed by atoms with Gasteiger partial charge in [0.15, 0.2) is 6.10 Å². The fourth-order valence-electron chi connectivity index (χ4n) is 5.02. The van der Waals surface area contributed by atoms with Crippen LogP contribution in [0.25, 0.3) is 0 Å². The van der Waals surface area contributed by atoms with Crippen LogP contribution in [0.1, 0.15) is 29.7 Å². The summed E-state index contributed by atoms with van der Waals surface area (Å²) in [5.41, 5.74) is 1.87. The van der Waals surface area contributed by atoms with Crippen LogP contribution in [0.5, 0.6) is 0 Å². The highest BCUT2D eigenvalue weighted by atomic mass is 32.2. The van der Waals surface area contributed by atoms with Gasteiger partial charge in [0.2, 0.25) is 11.8 Å². The Morgan fingerprint density at radius 2 is 1.59 bits per heavy atom. The Labute approximate surface area is 237 Å². The zero-order chi connectivity index (χ0) is 27.2. The molecule has 2 heterocycles. The first-order valence-electron chi connectivity index (χ1n) is 13.1. The maximum Gasteiger partial charge on any atom is 0.316 e. The maximum atomic E-state index is 14.0. The lowest BCUT2D eigenvalue weighted by molar-refractivity contribution is -0.164. The molecule has 6 nitrogen and oxygen atoms in total. The number of amides is 2. The van der Waals surface area contributed by atoms with Gasteiger partial charge in [0.25, 0.3) is 0 Å². The Morgan fingerprint density at radius 1 is 1.00 bits per heavy atom. The summed E-state index contributed by atoms with van der Waals surface area (Å²) in [6, 6.07) is 28.4. The van der Waals surface area contributed by atoms with Gasteiger partial charge in [0.1, 0.15) is 16.8 Å². The van der Waals surface area contributed by atoms with Crippen LogP contribution in [-0.2, 0) is 25.5 Å². The smallest absolute Gasteiger partial charge is 0.316 e. The summed E-state index contributed by atoms with van der Waals surface area (Å²) in [5, 5.41) is 2.74. The summed E-state index contributed by atoms with van der Waals surface area (Å²) in [7, 11) is 0. The third-order valence-corrected chi connectivity index (χ3v) is 9.87. The number of benzene rings is 3. The first-order chi connectivity index (χ1) is 19.0. The molecule has 0 aromatic heterocycles. The SMILES string of the molecule is CCSCC1(C(=O)OC(c2ccccc2)c2ccccc2)CS[C@@H]2C(NC(=O)Cc3ccccc3)C(=O)N2C1. The fourth-order valence-corrected chi connectivity index (χ4v) is 7.59. The lowest BCUT2D eigenvalue weighted by Gasteiger charge is -2.54. The van der Waals surface area contributed by atoms with Gasteiger partial charge in [-0.2, -0.15) is 11.8 Å². The molecule has 3 aromatic carbocycles. The Balaban J connectivity index is 1.30. The van der Waals surface area contributed by atoms with E-state index in [1.54, 1.807) is 28.4 Å². The molecule has 202 valence electrons. The third kappa shape index (κ3) is 6.02. The van der Waals surface area contributed by atoms with Gasteiger partial charge in [-0.3, -0.25) is 14.4 Å². The molecule has 2 amide bonds. The Hall–Kier alpha value is -3.23. The summed E-state index contributed by atoms with van der Waals surface area (Å²) in [6.45, 7) is 2.35. The van der Waals surface area contributed by atoms with Crippen LogP contribution in [-0.4, -0.2) is 57.9 Å². The molecule has 2 aliphatic rings. The second kappa shape index (κ2) is 12.3. The molecule has 2 aliphatic heterocycles. The molecule has 3 atom stereocenters.